The Hall–Kier alpha value is -2.35. The largest absolute Gasteiger partial charge is 0.465 e. The molecule has 2 aromatic rings. The lowest BCUT2D eigenvalue weighted by Crippen LogP contribution is -2.16. The lowest BCUT2D eigenvalue weighted by Gasteiger charge is -2.10. The number of amides is 1. The van der Waals surface area contributed by atoms with Crippen LogP contribution >= 0.6 is 11.8 Å². The van der Waals surface area contributed by atoms with Gasteiger partial charge in [-0.1, -0.05) is 37.6 Å². The van der Waals surface area contributed by atoms with E-state index in [0.29, 0.717) is 11.3 Å². The monoisotopic (exact) mass is 376 g/mol. The van der Waals surface area contributed by atoms with E-state index in [4.69, 9.17) is 4.74 Å². The third-order valence-electron chi connectivity index (χ3n) is 3.85. The van der Waals surface area contributed by atoms with Crippen molar-refractivity contribution in [1.29, 1.82) is 0 Å². The molecule has 0 unspecified atom stereocenters. The average Bonchev–Trinajstić information content (AvgIpc) is 3.09. The zero-order chi connectivity index (χ0) is 18.9. The fraction of sp³-hybridized carbons (Fsp3) is 0.444. The van der Waals surface area contributed by atoms with Crippen molar-refractivity contribution in [2.24, 2.45) is 0 Å². The molecule has 1 heterocycles. The van der Waals surface area contributed by atoms with Crippen LogP contribution in [0.3, 0.4) is 0 Å². The van der Waals surface area contributed by atoms with Crippen LogP contribution in [0.2, 0.25) is 0 Å². The summed E-state index contributed by atoms with van der Waals surface area (Å²) in [6, 6.07) is 5.07. The van der Waals surface area contributed by atoms with Gasteiger partial charge in [-0.2, -0.15) is 0 Å². The first kappa shape index (κ1) is 20.0. The van der Waals surface area contributed by atoms with Crippen LogP contribution in [0.1, 0.15) is 42.1 Å². The predicted molar refractivity (Wildman–Crippen MR) is 101 cm³/mol. The van der Waals surface area contributed by atoms with Gasteiger partial charge in [0.2, 0.25) is 5.91 Å². The Labute approximate surface area is 157 Å². The molecular formula is C18H24N4O3S. The fourth-order valence-corrected chi connectivity index (χ4v) is 3.10. The van der Waals surface area contributed by atoms with E-state index in [1.165, 1.54) is 18.9 Å². The van der Waals surface area contributed by atoms with Gasteiger partial charge in [0.25, 0.3) is 0 Å². The second kappa shape index (κ2) is 9.96. The molecule has 0 aliphatic carbocycles. The average molecular weight is 376 g/mol. The number of nitrogens with zero attached hydrogens (tertiary/aromatic N) is 3. The zero-order valence-electron chi connectivity index (χ0n) is 15.3. The minimum Gasteiger partial charge on any atom is -0.465 e. The van der Waals surface area contributed by atoms with Crippen LogP contribution in [0, 0.1) is 6.92 Å². The van der Waals surface area contributed by atoms with Gasteiger partial charge in [-0.3, -0.25) is 4.79 Å². The first-order valence-electron chi connectivity index (χ1n) is 8.54. The van der Waals surface area contributed by atoms with Crippen LogP contribution in [-0.2, 0) is 16.1 Å². The number of aryl methyl sites for hydroxylation is 2. The lowest BCUT2D eigenvalue weighted by atomic mass is 10.1. The zero-order valence-corrected chi connectivity index (χ0v) is 16.1. The minimum atomic E-state index is -0.435. The van der Waals surface area contributed by atoms with Gasteiger partial charge in [0.15, 0.2) is 5.16 Å². The van der Waals surface area contributed by atoms with Gasteiger partial charge in [0.05, 0.1) is 18.4 Å². The third-order valence-corrected chi connectivity index (χ3v) is 4.83. The summed E-state index contributed by atoms with van der Waals surface area (Å²) in [5.41, 5.74) is 1.87. The molecular weight excluding hydrogens is 352 g/mol. The maximum absolute atomic E-state index is 12.3. The molecule has 140 valence electrons. The topological polar surface area (TPSA) is 86.1 Å². The van der Waals surface area contributed by atoms with E-state index >= 15 is 0 Å². The molecule has 1 N–H and O–H groups in total. The summed E-state index contributed by atoms with van der Waals surface area (Å²) < 4.78 is 6.68. The molecule has 0 saturated heterocycles. The summed E-state index contributed by atoms with van der Waals surface area (Å²) in [7, 11) is 1.33. The number of carbonyl (C=O) groups excluding carboxylic acids is 2. The number of hydrogen-bond donors (Lipinski definition) is 1. The predicted octanol–water partition coefficient (Wildman–Crippen LogP) is 3.29. The standard InChI is InChI=1S/C18H24N4O3S/c1-4-5-6-9-22-12-19-21-18(22)26-11-16(23)20-15-10-14(17(24)25-3)8-7-13(15)2/h7-8,10,12H,4-6,9,11H2,1-3H3,(H,20,23). The molecule has 0 saturated carbocycles. The summed E-state index contributed by atoms with van der Waals surface area (Å²) in [5, 5.41) is 11.6. The molecule has 7 nitrogen and oxygen atoms in total. The molecule has 26 heavy (non-hydrogen) atoms. The Morgan fingerprint density at radius 3 is 2.85 bits per heavy atom. The summed E-state index contributed by atoms with van der Waals surface area (Å²) >= 11 is 1.35. The third kappa shape index (κ3) is 5.59. The van der Waals surface area contributed by atoms with Gasteiger partial charge in [0, 0.05) is 12.2 Å². The van der Waals surface area contributed by atoms with E-state index in [9.17, 15) is 9.59 Å². The molecule has 2 rings (SSSR count). The SMILES string of the molecule is CCCCCn1cnnc1SCC(=O)Nc1cc(C(=O)OC)ccc1C. The van der Waals surface area contributed by atoms with E-state index < -0.39 is 5.97 Å². The number of esters is 1. The Balaban J connectivity index is 1.93. The smallest absolute Gasteiger partial charge is 0.337 e. The molecule has 0 atom stereocenters. The fourth-order valence-electron chi connectivity index (χ4n) is 2.36. The molecule has 1 amide bonds. The van der Waals surface area contributed by atoms with Crippen molar-refractivity contribution in [3.8, 4) is 0 Å². The van der Waals surface area contributed by atoms with E-state index in [2.05, 4.69) is 22.4 Å². The van der Waals surface area contributed by atoms with E-state index in [-0.39, 0.29) is 11.7 Å². The van der Waals surface area contributed by atoms with Gasteiger partial charge in [-0.25, -0.2) is 4.79 Å². The quantitative estimate of drug-likeness (QED) is 0.411. The summed E-state index contributed by atoms with van der Waals surface area (Å²) in [6.45, 7) is 4.88. The van der Waals surface area contributed by atoms with Gasteiger partial charge < -0.3 is 14.6 Å². The molecule has 0 radical (unpaired) electrons. The minimum absolute atomic E-state index is 0.164. The Kier molecular flexibility index (Phi) is 7.65. The van der Waals surface area contributed by atoms with Gasteiger partial charge >= 0.3 is 5.97 Å². The van der Waals surface area contributed by atoms with Crippen LogP contribution in [0.15, 0.2) is 29.7 Å². The molecule has 0 spiro atoms. The van der Waals surface area contributed by atoms with Crippen molar-refractivity contribution in [2.75, 3.05) is 18.2 Å². The first-order chi connectivity index (χ1) is 12.5. The number of carbonyl (C=O) groups is 2. The maximum atomic E-state index is 12.3. The molecule has 8 heteroatoms. The van der Waals surface area contributed by atoms with Crippen molar-refractivity contribution in [2.45, 2.75) is 44.8 Å². The molecule has 0 aliphatic heterocycles. The number of hydrogen-bond acceptors (Lipinski definition) is 6. The van der Waals surface area contributed by atoms with Gasteiger partial charge in [-0.05, 0) is 31.0 Å². The highest BCUT2D eigenvalue weighted by Gasteiger charge is 2.12. The van der Waals surface area contributed by atoms with Gasteiger partial charge in [-0.15, -0.1) is 10.2 Å². The van der Waals surface area contributed by atoms with Crippen molar-refractivity contribution in [3.05, 3.63) is 35.7 Å². The highest BCUT2D eigenvalue weighted by Crippen LogP contribution is 2.20. The number of anilines is 1. The lowest BCUT2D eigenvalue weighted by molar-refractivity contribution is -0.113. The van der Waals surface area contributed by atoms with E-state index in [1.54, 1.807) is 24.5 Å². The van der Waals surface area contributed by atoms with E-state index in [1.807, 2.05) is 11.5 Å². The second-order valence-corrected chi connectivity index (χ2v) is 6.81. The van der Waals surface area contributed by atoms with Crippen molar-refractivity contribution < 1.29 is 14.3 Å². The maximum Gasteiger partial charge on any atom is 0.337 e. The van der Waals surface area contributed by atoms with Crippen molar-refractivity contribution in [1.82, 2.24) is 14.8 Å². The van der Waals surface area contributed by atoms with Crippen LogP contribution < -0.4 is 5.32 Å². The highest BCUT2D eigenvalue weighted by atomic mass is 32.2. The molecule has 0 fully saturated rings. The normalized spacial score (nSPS) is 10.6. The molecule has 1 aromatic carbocycles. The number of ether oxygens (including phenoxy) is 1. The number of aromatic nitrogens is 3. The van der Waals surface area contributed by atoms with Crippen LogP contribution in [0.4, 0.5) is 5.69 Å². The number of thioether (sulfide) groups is 1. The van der Waals surface area contributed by atoms with Crippen LogP contribution in [-0.4, -0.2) is 39.5 Å². The van der Waals surface area contributed by atoms with Crippen molar-refractivity contribution in [3.63, 3.8) is 0 Å². The van der Waals surface area contributed by atoms with E-state index in [0.717, 1.165) is 36.5 Å². The Morgan fingerprint density at radius 1 is 1.31 bits per heavy atom. The second-order valence-electron chi connectivity index (χ2n) is 5.87. The van der Waals surface area contributed by atoms with Crippen LogP contribution in [0.5, 0.6) is 0 Å². The number of rotatable bonds is 9. The first-order valence-corrected chi connectivity index (χ1v) is 9.53. The van der Waals surface area contributed by atoms with Crippen molar-refractivity contribution >= 4 is 29.3 Å². The molecule has 0 bridgehead atoms. The summed E-state index contributed by atoms with van der Waals surface area (Å²) in [6.07, 6.45) is 5.06. The number of nitrogens with one attached hydrogen (secondary N) is 1. The number of unbranched alkanes of at least 4 members (excludes halogenated alkanes) is 2. The number of benzene rings is 1. The Morgan fingerprint density at radius 2 is 2.12 bits per heavy atom. The molecule has 1 aromatic heterocycles. The Bertz CT molecular complexity index is 761. The van der Waals surface area contributed by atoms with Gasteiger partial charge in [0.1, 0.15) is 6.33 Å². The summed E-state index contributed by atoms with van der Waals surface area (Å²) in [4.78, 5) is 23.9. The molecule has 0 aliphatic rings. The highest BCUT2D eigenvalue weighted by molar-refractivity contribution is 7.99. The number of methoxy groups -OCH3 is 1. The summed E-state index contributed by atoms with van der Waals surface area (Å²) in [5.74, 6) is -0.382. The van der Waals surface area contributed by atoms with Crippen LogP contribution in [0.25, 0.3) is 0 Å².